The summed E-state index contributed by atoms with van der Waals surface area (Å²) in [7, 11) is -4.39. The van der Waals surface area contributed by atoms with Crippen LogP contribution in [0.1, 0.15) is 5.56 Å². The number of hydrogen-bond acceptors (Lipinski definition) is 6. The van der Waals surface area contributed by atoms with Gasteiger partial charge in [-0.25, -0.2) is 21.1 Å². The van der Waals surface area contributed by atoms with E-state index in [9.17, 15) is 16.8 Å². The molecule has 0 aromatic heterocycles. The zero-order valence-electron chi connectivity index (χ0n) is 20.7. The van der Waals surface area contributed by atoms with Crippen LogP contribution in [0.15, 0.2) is 82.6 Å². The van der Waals surface area contributed by atoms with Gasteiger partial charge in [-0.3, -0.25) is 0 Å². The number of benzene rings is 3. The second kappa shape index (κ2) is 11.4. The van der Waals surface area contributed by atoms with E-state index in [1.807, 2.05) is 35.2 Å². The van der Waals surface area contributed by atoms with E-state index < -0.39 is 20.0 Å². The molecule has 37 heavy (non-hydrogen) atoms. The van der Waals surface area contributed by atoms with Crippen LogP contribution in [0.25, 0.3) is 0 Å². The topological polar surface area (TPSA) is 87.2 Å². The molecular formula is C26H30ClN3O5S2. The molecule has 0 bridgehead atoms. The number of nitrogens with zero attached hydrogens (tertiary/aromatic N) is 3. The summed E-state index contributed by atoms with van der Waals surface area (Å²) >= 11 is 6.14. The number of likely N-dealkylation sites (N-methyl/N-ethyl adjacent to an activating group) is 1. The van der Waals surface area contributed by atoms with Crippen molar-refractivity contribution in [3.05, 3.63) is 83.4 Å². The third kappa shape index (κ3) is 5.94. The fraction of sp³-hybridized carbons (Fsp3) is 0.308. The summed E-state index contributed by atoms with van der Waals surface area (Å²) in [6.07, 6.45) is 0.599. The fourth-order valence-corrected chi connectivity index (χ4v) is 7.38. The minimum atomic E-state index is -3.75. The maximum Gasteiger partial charge on any atom is 0.244 e. The molecule has 0 atom stereocenters. The predicted octanol–water partition coefficient (Wildman–Crippen LogP) is 3.72. The van der Waals surface area contributed by atoms with Crippen molar-refractivity contribution < 1.29 is 21.6 Å². The lowest BCUT2D eigenvalue weighted by molar-refractivity contribution is 0.378. The molecule has 1 aliphatic rings. The normalized spacial score (nSPS) is 15.2. The van der Waals surface area contributed by atoms with E-state index >= 15 is 0 Å². The molecule has 8 nitrogen and oxygen atoms in total. The zero-order chi connectivity index (χ0) is 26.6. The lowest BCUT2D eigenvalue weighted by Crippen LogP contribution is -2.48. The quantitative estimate of drug-likeness (QED) is 0.394. The molecule has 3 aromatic carbocycles. The number of anilines is 1. The molecule has 0 aliphatic carbocycles. The number of piperazine rings is 1. The standard InChI is InChI=1S/C26H30ClN3O5S2/c1-28(15-14-21-8-4-3-5-9-21)36(31,32)22-12-13-25(35-2)24(20-22)29-16-18-30(19-17-29)37(33,34)26-11-7-6-10-23(26)27/h3-13,20H,14-19H2,1-2H3. The molecule has 4 rings (SSSR count). The van der Waals surface area contributed by atoms with E-state index in [2.05, 4.69) is 0 Å². The first-order valence-electron chi connectivity index (χ1n) is 11.8. The molecule has 0 radical (unpaired) electrons. The van der Waals surface area contributed by atoms with Crippen LogP contribution in [0, 0.1) is 0 Å². The Balaban J connectivity index is 1.51. The van der Waals surface area contributed by atoms with Crippen molar-refractivity contribution in [2.45, 2.75) is 16.2 Å². The molecule has 3 aromatic rings. The van der Waals surface area contributed by atoms with E-state index in [-0.39, 0.29) is 27.9 Å². The second-order valence-electron chi connectivity index (χ2n) is 8.72. The predicted molar refractivity (Wildman–Crippen MR) is 145 cm³/mol. The van der Waals surface area contributed by atoms with Crippen LogP contribution < -0.4 is 9.64 Å². The summed E-state index contributed by atoms with van der Waals surface area (Å²) < 4.78 is 61.1. The van der Waals surface area contributed by atoms with Crippen LogP contribution in [0.3, 0.4) is 0 Å². The molecule has 1 heterocycles. The molecule has 1 aliphatic heterocycles. The van der Waals surface area contributed by atoms with Crippen LogP contribution in [0.5, 0.6) is 5.75 Å². The molecule has 1 fully saturated rings. The smallest absolute Gasteiger partial charge is 0.244 e. The van der Waals surface area contributed by atoms with Crippen molar-refractivity contribution in [3.8, 4) is 5.75 Å². The third-order valence-corrected chi connectivity index (χ3v) is 10.7. The van der Waals surface area contributed by atoms with Gasteiger partial charge in [-0.1, -0.05) is 54.1 Å². The molecule has 1 saturated heterocycles. The summed E-state index contributed by atoms with van der Waals surface area (Å²) in [6.45, 7) is 1.53. The first-order valence-corrected chi connectivity index (χ1v) is 15.1. The number of hydrogen-bond donors (Lipinski definition) is 0. The highest BCUT2D eigenvalue weighted by atomic mass is 35.5. The number of ether oxygens (including phenoxy) is 1. The van der Waals surface area contributed by atoms with Gasteiger partial charge in [0.15, 0.2) is 0 Å². The van der Waals surface area contributed by atoms with Gasteiger partial charge < -0.3 is 9.64 Å². The maximum absolute atomic E-state index is 13.3. The van der Waals surface area contributed by atoms with Crippen molar-refractivity contribution >= 4 is 37.3 Å². The van der Waals surface area contributed by atoms with Crippen molar-refractivity contribution in [3.63, 3.8) is 0 Å². The van der Waals surface area contributed by atoms with E-state index in [4.69, 9.17) is 16.3 Å². The Hall–Kier alpha value is -2.63. The summed E-state index contributed by atoms with van der Waals surface area (Å²) in [4.78, 5) is 2.18. The van der Waals surface area contributed by atoms with Crippen LogP contribution in [0.2, 0.25) is 5.02 Å². The van der Waals surface area contributed by atoms with Gasteiger partial charge >= 0.3 is 0 Å². The molecular weight excluding hydrogens is 534 g/mol. The van der Waals surface area contributed by atoms with Crippen molar-refractivity contribution in [1.82, 2.24) is 8.61 Å². The molecule has 0 amide bonds. The molecule has 0 spiro atoms. The van der Waals surface area contributed by atoms with Crippen LogP contribution in [0.4, 0.5) is 5.69 Å². The Bertz CT molecular complexity index is 1440. The number of methoxy groups -OCH3 is 1. The molecule has 198 valence electrons. The monoisotopic (exact) mass is 563 g/mol. The van der Waals surface area contributed by atoms with Gasteiger partial charge in [0.2, 0.25) is 20.0 Å². The Morgan fingerprint density at radius 3 is 2.19 bits per heavy atom. The lowest BCUT2D eigenvalue weighted by atomic mass is 10.2. The van der Waals surface area contributed by atoms with Gasteiger partial charge in [-0.15, -0.1) is 0 Å². The van der Waals surface area contributed by atoms with E-state index in [0.29, 0.717) is 37.5 Å². The highest BCUT2D eigenvalue weighted by Gasteiger charge is 2.31. The summed E-state index contributed by atoms with van der Waals surface area (Å²) in [5.41, 5.74) is 1.67. The van der Waals surface area contributed by atoms with Crippen molar-refractivity contribution in [2.75, 3.05) is 51.8 Å². The average molecular weight is 564 g/mol. The zero-order valence-corrected chi connectivity index (χ0v) is 23.1. The highest BCUT2D eigenvalue weighted by Crippen LogP contribution is 2.33. The van der Waals surface area contributed by atoms with Crippen molar-refractivity contribution in [2.24, 2.45) is 0 Å². The van der Waals surface area contributed by atoms with Gasteiger partial charge in [-0.05, 0) is 42.3 Å². The van der Waals surface area contributed by atoms with Gasteiger partial charge in [0, 0.05) is 39.8 Å². The largest absolute Gasteiger partial charge is 0.495 e. The number of sulfonamides is 2. The van der Waals surface area contributed by atoms with Crippen LogP contribution in [-0.4, -0.2) is 72.3 Å². The van der Waals surface area contributed by atoms with Crippen LogP contribution >= 0.6 is 11.6 Å². The number of rotatable bonds is 9. The Morgan fingerprint density at radius 2 is 1.54 bits per heavy atom. The number of halogens is 1. The third-order valence-electron chi connectivity index (χ3n) is 6.45. The molecule has 11 heteroatoms. The fourth-order valence-electron chi connectivity index (χ4n) is 4.27. The average Bonchev–Trinajstić information content (AvgIpc) is 2.92. The van der Waals surface area contributed by atoms with E-state index in [1.165, 1.54) is 27.9 Å². The summed E-state index contributed by atoms with van der Waals surface area (Å²) in [5.74, 6) is 0.522. The SMILES string of the molecule is COc1ccc(S(=O)(=O)N(C)CCc2ccccc2)cc1N1CCN(S(=O)(=O)c2ccccc2Cl)CC1. The lowest BCUT2D eigenvalue weighted by Gasteiger charge is -2.36. The molecule has 0 unspecified atom stereocenters. The second-order valence-corrected chi connectivity index (χ2v) is 13.1. The van der Waals surface area contributed by atoms with Crippen LogP contribution in [-0.2, 0) is 26.5 Å². The molecule has 0 saturated carbocycles. The van der Waals surface area contributed by atoms with E-state index in [0.717, 1.165) is 5.56 Å². The summed E-state index contributed by atoms with van der Waals surface area (Å²) in [5, 5.41) is 0.181. The highest BCUT2D eigenvalue weighted by molar-refractivity contribution is 7.89. The Labute approximate surface area is 224 Å². The first-order chi connectivity index (χ1) is 17.6. The first kappa shape index (κ1) is 27.4. The minimum Gasteiger partial charge on any atom is -0.495 e. The van der Waals surface area contributed by atoms with Gasteiger partial charge in [0.25, 0.3) is 0 Å². The Kier molecular flexibility index (Phi) is 8.45. The van der Waals surface area contributed by atoms with Crippen molar-refractivity contribution in [1.29, 1.82) is 0 Å². The van der Waals surface area contributed by atoms with Gasteiger partial charge in [-0.2, -0.15) is 4.31 Å². The molecule has 0 N–H and O–H groups in total. The van der Waals surface area contributed by atoms with Gasteiger partial charge in [0.05, 0.1) is 22.7 Å². The minimum absolute atomic E-state index is 0.0781. The van der Waals surface area contributed by atoms with E-state index in [1.54, 1.807) is 37.4 Å². The Morgan fingerprint density at radius 1 is 0.892 bits per heavy atom. The van der Waals surface area contributed by atoms with Gasteiger partial charge in [0.1, 0.15) is 10.6 Å². The summed E-state index contributed by atoms with van der Waals surface area (Å²) in [6, 6.07) is 20.9. The maximum atomic E-state index is 13.3.